The first-order valence-corrected chi connectivity index (χ1v) is 7.58. The van der Waals surface area contributed by atoms with Gasteiger partial charge in [0.2, 0.25) is 0 Å². The Morgan fingerprint density at radius 2 is 2.30 bits per heavy atom. The maximum atomic E-state index is 5.23. The van der Waals surface area contributed by atoms with Crippen LogP contribution in [0.5, 0.6) is 0 Å². The van der Waals surface area contributed by atoms with Crippen molar-refractivity contribution in [2.75, 3.05) is 33.4 Å². The molecule has 1 aliphatic heterocycles. The van der Waals surface area contributed by atoms with E-state index >= 15 is 0 Å². The molecule has 1 aromatic heterocycles. The number of methoxy groups -OCH3 is 1. The topological polar surface area (TPSA) is 68.1 Å². The van der Waals surface area contributed by atoms with E-state index in [1.165, 1.54) is 25.7 Å². The number of nitrogens with zero attached hydrogens (tertiary/aromatic N) is 5. The zero-order chi connectivity index (χ0) is 13.8. The van der Waals surface area contributed by atoms with Crippen LogP contribution in [0.4, 0.5) is 0 Å². The third-order valence-corrected chi connectivity index (χ3v) is 4.07. The minimum Gasteiger partial charge on any atom is -0.383 e. The summed E-state index contributed by atoms with van der Waals surface area (Å²) >= 11 is 0. The van der Waals surface area contributed by atoms with Gasteiger partial charge in [-0.25, -0.2) is 4.68 Å². The lowest BCUT2D eigenvalue weighted by Gasteiger charge is -2.24. The van der Waals surface area contributed by atoms with Crippen molar-refractivity contribution in [1.82, 2.24) is 30.4 Å². The number of hydrogen-bond acceptors (Lipinski definition) is 6. The van der Waals surface area contributed by atoms with Gasteiger partial charge in [0.1, 0.15) is 0 Å². The summed E-state index contributed by atoms with van der Waals surface area (Å²) in [5, 5.41) is 15.7. The highest BCUT2D eigenvalue weighted by Crippen LogP contribution is 2.34. The van der Waals surface area contributed by atoms with Crippen LogP contribution in [0.15, 0.2) is 0 Å². The Bertz CT molecular complexity index is 413. The fraction of sp³-hybridized carbons (Fsp3) is 0.923. The van der Waals surface area contributed by atoms with Crippen LogP contribution in [0.3, 0.4) is 0 Å². The van der Waals surface area contributed by atoms with Crippen LogP contribution in [-0.4, -0.2) is 64.5 Å². The van der Waals surface area contributed by atoms with Crippen molar-refractivity contribution in [3.05, 3.63) is 5.82 Å². The highest BCUT2D eigenvalue weighted by molar-refractivity contribution is 4.91. The molecule has 1 atom stereocenters. The van der Waals surface area contributed by atoms with Gasteiger partial charge in [-0.1, -0.05) is 0 Å². The van der Waals surface area contributed by atoms with E-state index in [-0.39, 0.29) is 0 Å². The standard InChI is InChI=1S/C13H24N6O/c1-20-8-7-18(9-11-3-2-6-14-11)10-13-15-16-17-19(13)12-4-5-12/h11-12,14H,2-10H2,1H3. The third kappa shape index (κ3) is 3.53. The molecule has 1 saturated heterocycles. The van der Waals surface area contributed by atoms with E-state index < -0.39 is 0 Å². The van der Waals surface area contributed by atoms with Gasteiger partial charge in [-0.2, -0.15) is 0 Å². The number of hydrogen-bond donors (Lipinski definition) is 1. The molecule has 2 fully saturated rings. The van der Waals surface area contributed by atoms with E-state index in [0.717, 1.165) is 38.6 Å². The molecule has 0 radical (unpaired) electrons. The zero-order valence-corrected chi connectivity index (χ0v) is 12.2. The summed E-state index contributed by atoms with van der Waals surface area (Å²) in [7, 11) is 1.75. The fourth-order valence-corrected chi connectivity index (χ4v) is 2.80. The lowest BCUT2D eigenvalue weighted by molar-refractivity contribution is 0.135. The molecule has 3 rings (SSSR count). The van der Waals surface area contributed by atoms with Crippen molar-refractivity contribution in [2.45, 2.75) is 44.3 Å². The van der Waals surface area contributed by atoms with E-state index in [9.17, 15) is 0 Å². The summed E-state index contributed by atoms with van der Waals surface area (Å²) in [6.45, 7) is 4.67. The number of rotatable bonds is 8. The molecule has 1 unspecified atom stereocenters. The van der Waals surface area contributed by atoms with Gasteiger partial charge in [0.25, 0.3) is 0 Å². The average Bonchev–Trinajstić information content (AvgIpc) is 2.98. The van der Waals surface area contributed by atoms with E-state index in [1.807, 2.05) is 4.68 Å². The molecule has 2 aliphatic rings. The van der Waals surface area contributed by atoms with Crippen molar-refractivity contribution in [3.63, 3.8) is 0 Å². The summed E-state index contributed by atoms with van der Waals surface area (Å²) < 4.78 is 7.23. The van der Waals surface area contributed by atoms with Crippen LogP contribution in [0.2, 0.25) is 0 Å². The van der Waals surface area contributed by atoms with Gasteiger partial charge in [0.05, 0.1) is 19.2 Å². The molecule has 1 saturated carbocycles. The summed E-state index contributed by atoms with van der Waals surface area (Å²) in [4.78, 5) is 2.40. The van der Waals surface area contributed by atoms with Crippen LogP contribution >= 0.6 is 0 Å². The third-order valence-electron chi connectivity index (χ3n) is 4.07. The van der Waals surface area contributed by atoms with Gasteiger partial charge in [0.15, 0.2) is 5.82 Å². The first-order chi connectivity index (χ1) is 9.86. The molecule has 0 bridgehead atoms. The van der Waals surface area contributed by atoms with Crippen molar-refractivity contribution in [2.24, 2.45) is 0 Å². The highest BCUT2D eigenvalue weighted by Gasteiger charge is 2.28. The first-order valence-electron chi connectivity index (χ1n) is 7.58. The Morgan fingerprint density at radius 1 is 1.40 bits per heavy atom. The molecule has 1 aliphatic carbocycles. The Hall–Kier alpha value is -1.05. The molecule has 7 nitrogen and oxygen atoms in total. The molecule has 1 N–H and O–H groups in total. The van der Waals surface area contributed by atoms with Crippen LogP contribution in [0, 0.1) is 0 Å². The van der Waals surface area contributed by atoms with Gasteiger partial charge in [0, 0.05) is 26.2 Å². The van der Waals surface area contributed by atoms with E-state index in [4.69, 9.17) is 4.74 Å². The van der Waals surface area contributed by atoms with Gasteiger partial charge in [-0.3, -0.25) is 4.90 Å². The highest BCUT2D eigenvalue weighted by atomic mass is 16.5. The normalized spacial score (nSPS) is 22.8. The summed E-state index contributed by atoms with van der Waals surface area (Å²) in [5.74, 6) is 0.988. The molecule has 0 spiro atoms. The molecule has 1 aromatic rings. The monoisotopic (exact) mass is 280 g/mol. The summed E-state index contributed by atoms with van der Waals surface area (Å²) in [6.07, 6.45) is 4.96. The minimum absolute atomic E-state index is 0.536. The SMILES string of the molecule is COCCN(Cc1nnnn1C1CC1)CC1CCCN1. The molecule has 0 aromatic carbocycles. The largest absolute Gasteiger partial charge is 0.383 e. The maximum absolute atomic E-state index is 5.23. The van der Waals surface area contributed by atoms with Crippen molar-refractivity contribution < 1.29 is 4.74 Å². The minimum atomic E-state index is 0.536. The first kappa shape index (κ1) is 13.9. The van der Waals surface area contributed by atoms with Crippen LogP contribution in [0.25, 0.3) is 0 Å². The van der Waals surface area contributed by atoms with Gasteiger partial charge < -0.3 is 10.1 Å². The lowest BCUT2D eigenvalue weighted by atomic mass is 10.2. The quantitative estimate of drug-likeness (QED) is 0.734. The number of tetrazole rings is 1. The number of nitrogens with one attached hydrogen (secondary N) is 1. The molecular formula is C13H24N6O. The number of ether oxygens (including phenoxy) is 1. The van der Waals surface area contributed by atoms with Crippen molar-refractivity contribution in [1.29, 1.82) is 0 Å². The average molecular weight is 280 g/mol. The molecule has 0 amide bonds. The predicted octanol–water partition coefficient (Wildman–Crippen LogP) is 0.208. The second kappa shape index (κ2) is 6.60. The number of aromatic nitrogens is 4. The van der Waals surface area contributed by atoms with E-state index in [2.05, 4.69) is 25.7 Å². The van der Waals surface area contributed by atoms with E-state index in [1.54, 1.807) is 7.11 Å². The molecular weight excluding hydrogens is 256 g/mol. The Morgan fingerprint density at radius 3 is 3.00 bits per heavy atom. The second-order valence-electron chi connectivity index (χ2n) is 5.79. The van der Waals surface area contributed by atoms with Gasteiger partial charge in [-0.05, 0) is 42.7 Å². The van der Waals surface area contributed by atoms with Crippen molar-refractivity contribution >= 4 is 0 Å². The van der Waals surface area contributed by atoms with Crippen LogP contribution in [-0.2, 0) is 11.3 Å². The van der Waals surface area contributed by atoms with E-state index in [0.29, 0.717) is 12.1 Å². The Balaban J connectivity index is 1.60. The van der Waals surface area contributed by atoms with Crippen LogP contribution < -0.4 is 5.32 Å². The Labute approximate surface area is 119 Å². The van der Waals surface area contributed by atoms with Crippen molar-refractivity contribution in [3.8, 4) is 0 Å². The predicted molar refractivity (Wildman–Crippen MR) is 74.3 cm³/mol. The smallest absolute Gasteiger partial charge is 0.165 e. The summed E-state index contributed by atoms with van der Waals surface area (Å²) in [6, 6.07) is 1.13. The second-order valence-corrected chi connectivity index (χ2v) is 5.79. The molecule has 112 valence electrons. The van der Waals surface area contributed by atoms with Crippen LogP contribution in [0.1, 0.15) is 37.5 Å². The molecule has 2 heterocycles. The molecule has 20 heavy (non-hydrogen) atoms. The summed E-state index contributed by atoms with van der Waals surface area (Å²) in [5.41, 5.74) is 0. The molecule has 7 heteroatoms. The lowest BCUT2D eigenvalue weighted by Crippen LogP contribution is -2.39. The maximum Gasteiger partial charge on any atom is 0.165 e. The van der Waals surface area contributed by atoms with Gasteiger partial charge in [-0.15, -0.1) is 5.10 Å². The van der Waals surface area contributed by atoms with Gasteiger partial charge >= 0.3 is 0 Å². The fourth-order valence-electron chi connectivity index (χ4n) is 2.80. The zero-order valence-electron chi connectivity index (χ0n) is 12.2. The Kier molecular flexibility index (Phi) is 4.59.